The lowest BCUT2D eigenvalue weighted by Crippen LogP contribution is -2.41. The lowest BCUT2D eigenvalue weighted by Gasteiger charge is -2.39. The normalized spacial score (nSPS) is 23.2. The third-order valence-electron chi connectivity index (χ3n) is 4.48. The Morgan fingerprint density at radius 1 is 1.20 bits per heavy atom. The molecule has 3 heteroatoms. The molecule has 2 atom stereocenters. The summed E-state index contributed by atoms with van der Waals surface area (Å²) < 4.78 is 0. The monoisotopic (exact) mass is 269 g/mol. The van der Waals surface area contributed by atoms with E-state index in [0.717, 1.165) is 29.2 Å². The fraction of sp³-hybridized carbons (Fsp3) is 0.471. The van der Waals surface area contributed by atoms with Gasteiger partial charge in [0, 0.05) is 46.6 Å². The summed E-state index contributed by atoms with van der Waals surface area (Å²) >= 11 is 0. The zero-order chi connectivity index (χ0) is 14.3. The summed E-state index contributed by atoms with van der Waals surface area (Å²) in [7, 11) is 0. The molecule has 106 valence electrons. The number of hydrogen-bond donors (Lipinski definition) is 1. The second-order valence-corrected chi connectivity index (χ2v) is 6.23. The number of fused-ring (bicyclic) bond motifs is 1. The highest BCUT2D eigenvalue weighted by molar-refractivity contribution is 6.01. The number of anilines is 2. The predicted octanol–water partition coefficient (Wildman–Crippen LogP) is 3.75. The zero-order valence-electron chi connectivity index (χ0n) is 12.6. The molecule has 0 saturated carbocycles. The number of rotatable bonds is 1. The maximum atomic E-state index is 6.11. The molecule has 1 aromatic heterocycles. The van der Waals surface area contributed by atoms with Gasteiger partial charge < -0.3 is 10.6 Å². The Kier molecular flexibility index (Phi) is 3.28. The van der Waals surface area contributed by atoms with Crippen LogP contribution in [0.1, 0.15) is 32.4 Å². The average molecular weight is 269 g/mol. The van der Waals surface area contributed by atoms with Crippen molar-refractivity contribution >= 4 is 22.1 Å². The summed E-state index contributed by atoms with van der Waals surface area (Å²) in [4.78, 5) is 6.93. The van der Waals surface area contributed by atoms with Gasteiger partial charge in [-0.15, -0.1) is 0 Å². The lowest BCUT2D eigenvalue weighted by molar-refractivity contribution is 0.391. The molecular weight excluding hydrogens is 246 g/mol. The molecular formula is C17H23N3. The van der Waals surface area contributed by atoms with Crippen molar-refractivity contribution in [3.63, 3.8) is 0 Å². The van der Waals surface area contributed by atoms with Gasteiger partial charge in [0.15, 0.2) is 0 Å². The molecule has 2 aromatic rings. The van der Waals surface area contributed by atoms with E-state index in [4.69, 9.17) is 5.73 Å². The van der Waals surface area contributed by atoms with Crippen LogP contribution in [0.3, 0.4) is 0 Å². The Morgan fingerprint density at radius 3 is 2.80 bits per heavy atom. The zero-order valence-corrected chi connectivity index (χ0v) is 12.6. The average Bonchev–Trinajstić information content (AvgIpc) is 2.42. The summed E-state index contributed by atoms with van der Waals surface area (Å²) in [6, 6.07) is 6.94. The highest BCUT2D eigenvalue weighted by atomic mass is 15.2. The number of nitrogens with two attached hydrogens (primary N) is 1. The molecule has 2 heterocycles. The Hall–Kier alpha value is -1.77. The number of piperidine rings is 1. The molecule has 1 fully saturated rings. The molecule has 0 aliphatic carbocycles. The number of benzene rings is 1. The van der Waals surface area contributed by atoms with Crippen LogP contribution in [0, 0.1) is 12.8 Å². The minimum atomic E-state index is 0.589. The first kappa shape index (κ1) is 13.2. The van der Waals surface area contributed by atoms with E-state index in [-0.39, 0.29) is 0 Å². The second-order valence-electron chi connectivity index (χ2n) is 6.23. The van der Waals surface area contributed by atoms with E-state index < -0.39 is 0 Å². The maximum absolute atomic E-state index is 6.11. The van der Waals surface area contributed by atoms with Crippen molar-refractivity contribution in [2.75, 3.05) is 17.2 Å². The smallest absolute Gasteiger partial charge is 0.0451 e. The summed E-state index contributed by atoms with van der Waals surface area (Å²) in [5, 5.41) is 2.30. The van der Waals surface area contributed by atoms with Gasteiger partial charge in [-0.25, -0.2) is 0 Å². The molecule has 0 spiro atoms. The van der Waals surface area contributed by atoms with Crippen molar-refractivity contribution < 1.29 is 0 Å². The van der Waals surface area contributed by atoms with Crippen LogP contribution in [-0.4, -0.2) is 17.6 Å². The third kappa shape index (κ3) is 2.21. The SMILES string of the molecule is Cc1cc2c(N3CC(C)CCC3C)ccc(N)c2cn1. The van der Waals surface area contributed by atoms with Gasteiger partial charge in [-0.2, -0.15) is 0 Å². The van der Waals surface area contributed by atoms with E-state index in [1.54, 1.807) is 0 Å². The Morgan fingerprint density at radius 2 is 2.00 bits per heavy atom. The van der Waals surface area contributed by atoms with E-state index in [9.17, 15) is 0 Å². The van der Waals surface area contributed by atoms with E-state index >= 15 is 0 Å². The van der Waals surface area contributed by atoms with Crippen LogP contribution < -0.4 is 10.6 Å². The van der Waals surface area contributed by atoms with Crippen LogP contribution in [-0.2, 0) is 0 Å². The summed E-state index contributed by atoms with van der Waals surface area (Å²) in [5.74, 6) is 0.752. The molecule has 1 aliphatic heterocycles. The van der Waals surface area contributed by atoms with Gasteiger partial charge >= 0.3 is 0 Å². The molecule has 1 aliphatic rings. The van der Waals surface area contributed by atoms with Crippen LogP contribution in [0.2, 0.25) is 0 Å². The Labute approximate surface area is 120 Å². The van der Waals surface area contributed by atoms with E-state index in [2.05, 4.69) is 35.9 Å². The van der Waals surface area contributed by atoms with E-state index in [0.29, 0.717) is 6.04 Å². The van der Waals surface area contributed by atoms with Crippen molar-refractivity contribution in [1.82, 2.24) is 4.98 Å². The van der Waals surface area contributed by atoms with Crippen molar-refractivity contribution in [2.45, 2.75) is 39.7 Å². The summed E-state index contributed by atoms with van der Waals surface area (Å²) in [6.45, 7) is 7.82. The minimum Gasteiger partial charge on any atom is -0.398 e. The predicted molar refractivity (Wildman–Crippen MR) is 86.1 cm³/mol. The van der Waals surface area contributed by atoms with E-state index in [1.807, 2.05) is 19.2 Å². The number of aryl methyl sites for hydroxylation is 1. The molecule has 1 saturated heterocycles. The van der Waals surface area contributed by atoms with Crippen LogP contribution in [0.4, 0.5) is 11.4 Å². The summed E-state index contributed by atoms with van der Waals surface area (Å²) in [5.41, 5.74) is 9.27. The number of nitrogen functional groups attached to an aromatic ring is 1. The molecule has 3 nitrogen and oxygen atoms in total. The van der Waals surface area contributed by atoms with Gasteiger partial charge in [0.05, 0.1) is 0 Å². The molecule has 2 unspecified atom stereocenters. The topological polar surface area (TPSA) is 42.1 Å². The lowest BCUT2D eigenvalue weighted by atomic mass is 9.93. The van der Waals surface area contributed by atoms with Crippen LogP contribution in [0.15, 0.2) is 24.4 Å². The fourth-order valence-corrected chi connectivity index (χ4v) is 3.22. The molecule has 0 amide bonds. The van der Waals surface area contributed by atoms with Gasteiger partial charge in [-0.1, -0.05) is 6.92 Å². The quantitative estimate of drug-likeness (QED) is 0.802. The molecule has 20 heavy (non-hydrogen) atoms. The highest BCUT2D eigenvalue weighted by Crippen LogP contribution is 2.35. The molecule has 0 radical (unpaired) electrons. The number of pyridine rings is 1. The van der Waals surface area contributed by atoms with Gasteiger partial charge in [0.25, 0.3) is 0 Å². The van der Waals surface area contributed by atoms with Gasteiger partial charge in [0.1, 0.15) is 0 Å². The Balaban J connectivity index is 2.15. The van der Waals surface area contributed by atoms with Crippen LogP contribution in [0.25, 0.3) is 10.8 Å². The van der Waals surface area contributed by atoms with Crippen LogP contribution >= 0.6 is 0 Å². The van der Waals surface area contributed by atoms with Gasteiger partial charge in [-0.3, -0.25) is 4.98 Å². The molecule has 0 bridgehead atoms. The second kappa shape index (κ2) is 4.97. The minimum absolute atomic E-state index is 0.589. The number of aromatic nitrogens is 1. The largest absolute Gasteiger partial charge is 0.398 e. The number of hydrogen-bond acceptors (Lipinski definition) is 3. The van der Waals surface area contributed by atoms with Crippen LogP contribution in [0.5, 0.6) is 0 Å². The highest BCUT2D eigenvalue weighted by Gasteiger charge is 2.24. The van der Waals surface area contributed by atoms with Crippen molar-refractivity contribution in [3.05, 3.63) is 30.1 Å². The number of nitrogens with zero attached hydrogens (tertiary/aromatic N) is 2. The first-order valence-electron chi connectivity index (χ1n) is 7.47. The first-order valence-corrected chi connectivity index (χ1v) is 7.47. The molecule has 3 rings (SSSR count). The van der Waals surface area contributed by atoms with Crippen molar-refractivity contribution in [1.29, 1.82) is 0 Å². The molecule has 1 aromatic carbocycles. The van der Waals surface area contributed by atoms with Crippen molar-refractivity contribution in [3.8, 4) is 0 Å². The third-order valence-corrected chi connectivity index (χ3v) is 4.48. The summed E-state index contributed by atoms with van der Waals surface area (Å²) in [6.07, 6.45) is 4.49. The molecule has 2 N–H and O–H groups in total. The van der Waals surface area contributed by atoms with Gasteiger partial charge in [0.2, 0.25) is 0 Å². The van der Waals surface area contributed by atoms with Gasteiger partial charge in [-0.05, 0) is 50.8 Å². The van der Waals surface area contributed by atoms with E-state index in [1.165, 1.54) is 23.9 Å². The first-order chi connectivity index (χ1) is 9.56. The maximum Gasteiger partial charge on any atom is 0.0451 e. The Bertz CT molecular complexity index is 635. The standard InChI is InChI=1S/C17H23N3/c1-11-4-5-13(3)20(10-11)17-7-6-16(18)15-9-19-12(2)8-14(15)17/h6-9,11,13H,4-5,10,18H2,1-3H3. The fourth-order valence-electron chi connectivity index (χ4n) is 3.22. The van der Waals surface area contributed by atoms with Crippen molar-refractivity contribution in [2.24, 2.45) is 5.92 Å².